The van der Waals surface area contributed by atoms with Crippen LogP contribution in [0.2, 0.25) is 0 Å². The fourth-order valence-corrected chi connectivity index (χ4v) is 3.61. The molecule has 24 heavy (non-hydrogen) atoms. The number of hydrogen-bond donors (Lipinski definition) is 0. The van der Waals surface area contributed by atoms with E-state index in [2.05, 4.69) is 28.3 Å². The highest BCUT2D eigenvalue weighted by molar-refractivity contribution is 5.27. The van der Waals surface area contributed by atoms with E-state index < -0.39 is 0 Å². The lowest BCUT2D eigenvalue weighted by Crippen LogP contribution is -2.44. The summed E-state index contributed by atoms with van der Waals surface area (Å²) >= 11 is 0. The van der Waals surface area contributed by atoms with Crippen LogP contribution in [0, 0.1) is 5.92 Å². The first kappa shape index (κ1) is 17.0. The number of rotatable bonds is 6. The van der Waals surface area contributed by atoms with Crippen LogP contribution in [-0.2, 0) is 24.8 Å². The molecule has 1 saturated heterocycles. The Morgan fingerprint density at radius 2 is 1.96 bits per heavy atom. The van der Waals surface area contributed by atoms with E-state index in [0.29, 0.717) is 12.0 Å². The number of piperidine rings is 1. The van der Waals surface area contributed by atoms with Crippen LogP contribution >= 0.6 is 0 Å². The molecule has 5 heteroatoms. The summed E-state index contributed by atoms with van der Waals surface area (Å²) in [5.74, 6) is 1.41. The summed E-state index contributed by atoms with van der Waals surface area (Å²) in [6.07, 6.45) is 6.50. The van der Waals surface area contributed by atoms with E-state index in [1.807, 2.05) is 37.2 Å². The Bertz CT molecular complexity index is 638. The predicted molar refractivity (Wildman–Crippen MR) is 94.1 cm³/mol. The molecule has 0 aliphatic carbocycles. The molecule has 2 atom stereocenters. The molecule has 0 radical (unpaired) electrons. The first-order chi connectivity index (χ1) is 11.7. The van der Waals surface area contributed by atoms with Crippen molar-refractivity contribution in [3.05, 3.63) is 47.8 Å². The van der Waals surface area contributed by atoms with Crippen LogP contribution in [0.1, 0.15) is 17.5 Å². The molecular formula is C19H27N3O2. The summed E-state index contributed by atoms with van der Waals surface area (Å²) in [7, 11) is 5.50. The Labute approximate surface area is 144 Å². The molecule has 0 spiro atoms. The maximum atomic E-state index is 5.76. The maximum absolute atomic E-state index is 5.76. The molecule has 130 valence electrons. The predicted octanol–water partition coefficient (Wildman–Crippen LogP) is 2.51. The van der Waals surface area contributed by atoms with Gasteiger partial charge in [0.2, 0.25) is 0 Å². The number of aromatic nitrogens is 2. The highest BCUT2D eigenvalue weighted by atomic mass is 16.5. The number of ether oxygens (including phenoxy) is 2. The molecule has 0 unspecified atom stereocenters. The molecule has 2 aromatic rings. The smallest absolute Gasteiger partial charge is 0.118 e. The summed E-state index contributed by atoms with van der Waals surface area (Å²) in [4.78, 5) is 2.51. The third-order valence-electron chi connectivity index (χ3n) is 4.87. The monoisotopic (exact) mass is 329 g/mol. The van der Waals surface area contributed by atoms with E-state index in [1.165, 1.54) is 11.1 Å². The maximum Gasteiger partial charge on any atom is 0.118 e. The fourth-order valence-electron chi connectivity index (χ4n) is 3.61. The number of aryl methyl sites for hydroxylation is 1. The quantitative estimate of drug-likeness (QED) is 0.816. The fraction of sp³-hybridized carbons (Fsp3) is 0.526. The highest BCUT2D eigenvalue weighted by Crippen LogP contribution is 2.25. The third kappa shape index (κ3) is 4.16. The minimum Gasteiger partial charge on any atom is -0.497 e. The zero-order valence-corrected chi connectivity index (χ0v) is 14.8. The van der Waals surface area contributed by atoms with Gasteiger partial charge in [-0.1, -0.05) is 12.1 Å². The zero-order valence-electron chi connectivity index (χ0n) is 14.8. The Hall–Kier alpha value is -1.85. The van der Waals surface area contributed by atoms with Gasteiger partial charge in [-0.15, -0.1) is 0 Å². The van der Waals surface area contributed by atoms with Gasteiger partial charge in [0.25, 0.3) is 0 Å². The SMILES string of the molecule is COc1ccc(C[C@@H]2CN(Cc3cnn(C)c3)CC[C@@H]2OC)cc1. The van der Waals surface area contributed by atoms with E-state index >= 15 is 0 Å². The van der Waals surface area contributed by atoms with E-state index in [4.69, 9.17) is 9.47 Å². The molecular weight excluding hydrogens is 302 g/mol. The van der Waals surface area contributed by atoms with Crippen molar-refractivity contribution in [3.8, 4) is 5.75 Å². The molecule has 3 rings (SSSR count). The van der Waals surface area contributed by atoms with Gasteiger partial charge >= 0.3 is 0 Å². The largest absolute Gasteiger partial charge is 0.497 e. The molecule has 1 aromatic carbocycles. The topological polar surface area (TPSA) is 39.5 Å². The Morgan fingerprint density at radius 3 is 2.58 bits per heavy atom. The van der Waals surface area contributed by atoms with Crippen LogP contribution in [0.5, 0.6) is 5.75 Å². The van der Waals surface area contributed by atoms with Crippen molar-refractivity contribution in [2.24, 2.45) is 13.0 Å². The molecule has 1 aliphatic rings. The van der Waals surface area contributed by atoms with Gasteiger partial charge in [-0.05, 0) is 30.5 Å². The van der Waals surface area contributed by atoms with Crippen LogP contribution in [0.3, 0.4) is 0 Å². The van der Waals surface area contributed by atoms with Crippen molar-refractivity contribution < 1.29 is 9.47 Å². The number of hydrogen-bond acceptors (Lipinski definition) is 4. The first-order valence-corrected chi connectivity index (χ1v) is 8.53. The van der Waals surface area contributed by atoms with Crippen LogP contribution < -0.4 is 4.74 Å². The lowest BCUT2D eigenvalue weighted by Gasteiger charge is -2.38. The van der Waals surface area contributed by atoms with Crippen molar-refractivity contribution >= 4 is 0 Å². The average molecular weight is 329 g/mol. The Morgan fingerprint density at radius 1 is 1.17 bits per heavy atom. The molecule has 1 fully saturated rings. The summed E-state index contributed by atoms with van der Waals surface area (Å²) in [6, 6.07) is 8.39. The van der Waals surface area contributed by atoms with Gasteiger partial charge in [0.15, 0.2) is 0 Å². The standard InChI is InChI=1S/C19H27N3O2/c1-21-12-16(11-20-21)13-22-9-8-19(24-3)17(14-22)10-15-4-6-18(23-2)7-5-15/h4-7,11-12,17,19H,8-10,13-14H2,1-3H3/t17-,19+/m1/s1. The van der Waals surface area contributed by atoms with Gasteiger partial charge in [0.05, 0.1) is 19.4 Å². The minimum absolute atomic E-state index is 0.331. The average Bonchev–Trinajstić information content (AvgIpc) is 3.01. The minimum atomic E-state index is 0.331. The number of likely N-dealkylation sites (tertiary alicyclic amines) is 1. The van der Waals surface area contributed by atoms with Crippen molar-refractivity contribution in [1.82, 2.24) is 14.7 Å². The third-order valence-corrected chi connectivity index (χ3v) is 4.87. The lowest BCUT2D eigenvalue weighted by molar-refractivity contribution is -0.00849. The summed E-state index contributed by atoms with van der Waals surface area (Å²) in [6.45, 7) is 3.09. The van der Waals surface area contributed by atoms with Crippen molar-refractivity contribution in [3.63, 3.8) is 0 Å². The molecule has 1 aromatic heterocycles. The number of benzene rings is 1. The van der Waals surface area contributed by atoms with Gasteiger partial charge < -0.3 is 9.47 Å². The summed E-state index contributed by atoms with van der Waals surface area (Å²) in [5, 5.41) is 4.27. The number of nitrogens with zero attached hydrogens (tertiary/aromatic N) is 3. The van der Waals surface area contributed by atoms with E-state index in [0.717, 1.165) is 38.2 Å². The summed E-state index contributed by atoms with van der Waals surface area (Å²) in [5.41, 5.74) is 2.61. The van der Waals surface area contributed by atoms with Crippen molar-refractivity contribution in [2.45, 2.75) is 25.5 Å². The molecule has 1 aliphatic heterocycles. The number of methoxy groups -OCH3 is 2. The van der Waals surface area contributed by atoms with E-state index in [9.17, 15) is 0 Å². The second-order valence-electron chi connectivity index (χ2n) is 6.63. The molecule has 2 heterocycles. The summed E-state index contributed by atoms with van der Waals surface area (Å²) < 4.78 is 12.9. The van der Waals surface area contributed by atoms with Crippen molar-refractivity contribution in [2.75, 3.05) is 27.3 Å². The molecule has 0 saturated carbocycles. The van der Waals surface area contributed by atoms with Gasteiger partial charge in [-0.2, -0.15) is 5.10 Å². The molecule has 0 bridgehead atoms. The Kier molecular flexibility index (Phi) is 5.53. The zero-order chi connectivity index (χ0) is 16.9. The first-order valence-electron chi connectivity index (χ1n) is 8.53. The van der Waals surface area contributed by atoms with E-state index in [1.54, 1.807) is 7.11 Å². The molecule has 5 nitrogen and oxygen atoms in total. The van der Waals surface area contributed by atoms with Gasteiger partial charge in [0.1, 0.15) is 5.75 Å². The molecule has 0 N–H and O–H groups in total. The normalized spacial score (nSPS) is 21.8. The highest BCUT2D eigenvalue weighted by Gasteiger charge is 2.29. The van der Waals surface area contributed by atoms with Crippen LogP contribution in [0.25, 0.3) is 0 Å². The van der Waals surface area contributed by atoms with Crippen LogP contribution in [0.4, 0.5) is 0 Å². The Balaban J connectivity index is 1.64. The van der Waals surface area contributed by atoms with Gasteiger partial charge in [-0.25, -0.2) is 0 Å². The van der Waals surface area contributed by atoms with Gasteiger partial charge in [0, 0.05) is 51.5 Å². The van der Waals surface area contributed by atoms with Crippen LogP contribution in [0.15, 0.2) is 36.7 Å². The van der Waals surface area contributed by atoms with E-state index in [-0.39, 0.29) is 0 Å². The van der Waals surface area contributed by atoms with Gasteiger partial charge in [-0.3, -0.25) is 9.58 Å². The second kappa shape index (κ2) is 7.81. The van der Waals surface area contributed by atoms with Crippen LogP contribution in [-0.4, -0.2) is 48.1 Å². The second-order valence-corrected chi connectivity index (χ2v) is 6.63. The molecule has 0 amide bonds. The lowest BCUT2D eigenvalue weighted by atomic mass is 9.88. The van der Waals surface area contributed by atoms with Crippen molar-refractivity contribution in [1.29, 1.82) is 0 Å².